The van der Waals surface area contributed by atoms with Crippen molar-refractivity contribution in [1.82, 2.24) is 10.6 Å². The van der Waals surface area contributed by atoms with Gasteiger partial charge in [-0.3, -0.25) is 28.8 Å². The number of fused-ring (bicyclic) bond motifs is 2. The number of aliphatic carboxylic acids is 2. The van der Waals surface area contributed by atoms with E-state index in [1.165, 1.54) is 12.1 Å². The van der Waals surface area contributed by atoms with Gasteiger partial charge in [0.1, 0.15) is 35.8 Å². The van der Waals surface area contributed by atoms with Gasteiger partial charge < -0.3 is 31.1 Å². The molecule has 2 amide bonds. The predicted molar refractivity (Wildman–Crippen MR) is 175 cm³/mol. The summed E-state index contributed by atoms with van der Waals surface area (Å²) in [5.74, 6) is -6.39. The third kappa shape index (κ3) is 7.34. The largest absolute Gasteiger partial charge is 0.506 e. The normalized spacial score (nSPS) is 19.8. The standard InChI is InChI=1S/2C16H16ClNO5.CH4/c2*1-3-16(2)10-5-4-8(17)6-9(10)13(21)12(14(16)22)15(23)18-7-11(19)20;/h2*4-6,21H,3,7H2,1-2H3,(H,18,23)(H,19,20);1H4/t2*16-;/m10./s1. The number of hydrogen-bond acceptors (Lipinski definition) is 8. The molecule has 2 aliphatic carbocycles. The van der Waals surface area contributed by atoms with Gasteiger partial charge in [-0.2, -0.15) is 0 Å². The number of carbonyl (C=O) groups is 6. The molecule has 2 aliphatic rings. The average Bonchev–Trinajstić information content (AvgIpc) is 3.01. The van der Waals surface area contributed by atoms with Crippen molar-refractivity contribution in [3.05, 3.63) is 79.8 Å². The molecular formula is C33H36Cl2N2O10. The van der Waals surface area contributed by atoms with Gasteiger partial charge in [-0.1, -0.05) is 56.6 Å². The highest BCUT2D eigenvalue weighted by atomic mass is 35.5. The van der Waals surface area contributed by atoms with Crippen molar-refractivity contribution in [3.8, 4) is 0 Å². The van der Waals surface area contributed by atoms with Gasteiger partial charge >= 0.3 is 11.9 Å². The molecular weight excluding hydrogens is 655 g/mol. The number of hydrogen-bond donors (Lipinski definition) is 6. The molecule has 47 heavy (non-hydrogen) atoms. The second-order valence-electron chi connectivity index (χ2n) is 11.0. The summed E-state index contributed by atoms with van der Waals surface area (Å²) in [6, 6.07) is 9.51. The first kappa shape index (κ1) is 38.5. The van der Waals surface area contributed by atoms with Crippen molar-refractivity contribution in [3.63, 3.8) is 0 Å². The van der Waals surface area contributed by atoms with E-state index in [4.69, 9.17) is 33.4 Å². The lowest BCUT2D eigenvalue weighted by Gasteiger charge is -2.34. The maximum absolute atomic E-state index is 12.8. The molecule has 0 radical (unpaired) electrons. The zero-order valence-electron chi connectivity index (χ0n) is 25.3. The Morgan fingerprint density at radius 3 is 1.28 bits per heavy atom. The van der Waals surface area contributed by atoms with Gasteiger partial charge in [0.15, 0.2) is 11.6 Å². The second kappa shape index (κ2) is 14.8. The summed E-state index contributed by atoms with van der Waals surface area (Å²) in [6.07, 6.45) is 0.812. The maximum atomic E-state index is 12.8. The quantitative estimate of drug-likeness (QED) is 0.209. The number of halogens is 2. The number of aliphatic hydroxyl groups is 2. The zero-order valence-corrected chi connectivity index (χ0v) is 26.8. The number of amides is 2. The second-order valence-corrected chi connectivity index (χ2v) is 11.9. The molecule has 2 atom stereocenters. The molecule has 0 aromatic heterocycles. The lowest BCUT2D eigenvalue weighted by atomic mass is 9.68. The van der Waals surface area contributed by atoms with E-state index in [9.17, 15) is 39.0 Å². The summed E-state index contributed by atoms with van der Waals surface area (Å²) in [4.78, 5) is 71.0. The monoisotopic (exact) mass is 690 g/mol. The van der Waals surface area contributed by atoms with Crippen LogP contribution in [0, 0.1) is 0 Å². The van der Waals surface area contributed by atoms with Crippen molar-refractivity contribution in [2.24, 2.45) is 0 Å². The van der Waals surface area contributed by atoms with Crippen LogP contribution in [0.2, 0.25) is 10.0 Å². The Labute approximate surface area is 281 Å². The van der Waals surface area contributed by atoms with Gasteiger partial charge in [0.2, 0.25) is 0 Å². The van der Waals surface area contributed by atoms with E-state index in [1.807, 2.05) is 0 Å². The van der Waals surface area contributed by atoms with E-state index in [0.717, 1.165) is 0 Å². The van der Waals surface area contributed by atoms with Gasteiger partial charge in [0.25, 0.3) is 11.8 Å². The van der Waals surface area contributed by atoms with Crippen LogP contribution < -0.4 is 10.6 Å². The Morgan fingerprint density at radius 1 is 0.681 bits per heavy atom. The average molecular weight is 692 g/mol. The van der Waals surface area contributed by atoms with E-state index in [2.05, 4.69) is 10.6 Å². The van der Waals surface area contributed by atoms with E-state index >= 15 is 0 Å². The number of aliphatic hydroxyl groups excluding tert-OH is 2. The van der Waals surface area contributed by atoms with Gasteiger partial charge in [-0.05, 0) is 62.1 Å². The van der Waals surface area contributed by atoms with E-state index in [-0.39, 0.29) is 7.43 Å². The molecule has 0 saturated carbocycles. The maximum Gasteiger partial charge on any atom is 0.322 e. The fraction of sp³-hybridized carbons (Fsp3) is 0.333. The van der Waals surface area contributed by atoms with E-state index < -0.39 is 81.9 Å². The van der Waals surface area contributed by atoms with Crippen LogP contribution in [0.5, 0.6) is 0 Å². The molecule has 0 saturated heterocycles. The van der Waals surface area contributed by atoms with Crippen LogP contribution in [0.1, 0.15) is 70.2 Å². The number of nitrogens with one attached hydrogen (secondary N) is 2. The molecule has 2 aromatic rings. The number of carboxylic acids is 2. The van der Waals surface area contributed by atoms with E-state index in [0.29, 0.717) is 45.1 Å². The highest BCUT2D eigenvalue weighted by Crippen LogP contribution is 2.43. The van der Waals surface area contributed by atoms with Gasteiger partial charge in [0, 0.05) is 21.2 Å². The number of benzene rings is 2. The van der Waals surface area contributed by atoms with Gasteiger partial charge in [-0.15, -0.1) is 0 Å². The fourth-order valence-corrected chi connectivity index (χ4v) is 5.62. The van der Waals surface area contributed by atoms with Crippen LogP contribution in [-0.4, -0.2) is 68.8 Å². The van der Waals surface area contributed by atoms with Crippen molar-refractivity contribution in [2.45, 2.75) is 58.8 Å². The molecule has 12 nitrogen and oxygen atoms in total. The number of ketones is 2. The number of carbonyl (C=O) groups excluding carboxylic acids is 4. The molecule has 0 aliphatic heterocycles. The molecule has 0 unspecified atom stereocenters. The van der Waals surface area contributed by atoms with Crippen LogP contribution in [0.25, 0.3) is 11.5 Å². The van der Waals surface area contributed by atoms with Crippen molar-refractivity contribution >= 4 is 70.0 Å². The van der Waals surface area contributed by atoms with Crippen molar-refractivity contribution in [1.29, 1.82) is 0 Å². The molecule has 6 N–H and O–H groups in total. The number of Topliss-reactive ketones (excluding diaryl/α,β-unsaturated/α-hetero) is 2. The molecule has 2 aromatic carbocycles. The highest BCUT2D eigenvalue weighted by molar-refractivity contribution is 6.32. The molecule has 0 spiro atoms. The first-order valence-corrected chi connectivity index (χ1v) is 14.8. The minimum absolute atomic E-state index is 0. The lowest BCUT2D eigenvalue weighted by Crippen LogP contribution is -2.43. The van der Waals surface area contributed by atoms with Crippen LogP contribution in [0.4, 0.5) is 0 Å². The number of rotatable bonds is 8. The summed E-state index contributed by atoms with van der Waals surface area (Å²) in [5, 5.41) is 43.0. The molecule has 4 rings (SSSR count). The Balaban J connectivity index is 0.000000320. The van der Waals surface area contributed by atoms with E-state index in [1.54, 1.807) is 52.0 Å². The van der Waals surface area contributed by atoms with Crippen LogP contribution in [0.15, 0.2) is 47.5 Å². The van der Waals surface area contributed by atoms with Gasteiger partial charge in [-0.25, -0.2) is 0 Å². The Morgan fingerprint density at radius 2 is 1.00 bits per heavy atom. The molecule has 14 heteroatoms. The summed E-state index contributed by atoms with van der Waals surface area (Å²) in [6.45, 7) is 5.66. The summed E-state index contributed by atoms with van der Waals surface area (Å²) >= 11 is 11.9. The smallest absolute Gasteiger partial charge is 0.322 e. The highest BCUT2D eigenvalue weighted by Gasteiger charge is 2.46. The molecule has 0 fully saturated rings. The number of carboxylic acid groups (broad SMARTS) is 2. The Kier molecular flexibility index (Phi) is 12.1. The first-order valence-electron chi connectivity index (χ1n) is 14.0. The third-order valence-corrected chi connectivity index (χ3v) is 8.73. The molecule has 0 bridgehead atoms. The predicted octanol–water partition coefficient (Wildman–Crippen LogP) is 4.76. The minimum atomic E-state index is -1.25. The van der Waals surface area contributed by atoms with Crippen LogP contribution >= 0.6 is 23.2 Å². The van der Waals surface area contributed by atoms with Crippen LogP contribution in [-0.2, 0) is 39.6 Å². The molecule has 252 valence electrons. The first-order chi connectivity index (χ1) is 21.4. The van der Waals surface area contributed by atoms with Crippen LogP contribution in [0.3, 0.4) is 0 Å². The topological polar surface area (TPSA) is 207 Å². The fourth-order valence-electron chi connectivity index (χ4n) is 5.28. The third-order valence-electron chi connectivity index (χ3n) is 8.26. The minimum Gasteiger partial charge on any atom is -0.506 e. The summed E-state index contributed by atoms with van der Waals surface area (Å²) in [5.41, 5.74) is -1.09. The summed E-state index contributed by atoms with van der Waals surface area (Å²) in [7, 11) is 0. The SMILES string of the molecule is C.CC[C@@]1(C)C(=O)C(C(=O)NCC(=O)O)=C(O)c2cc(Cl)ccc21.CC[C@]1(C)C(=O)C(C(=O)NCC(=O)O)=C(O)c2cc(Cl)ccc21. The lowest BCUT2D eigenvalue weighted by molar-refractivity contribution is -0.138. The van der Waals surface area contributed by atoms with Crippen molar-refractivity contribution < 1.29 is 49.2 Å². The summed E-state index contributed by atoms with van der Waals surface area (Å²) < 4.78 is 0. The van der Waals surface area contributed by atoms with Gasteiger partial charge in [0.05, 0.1) is 10.8 Å². The Bertz CT molecular complexity index is 1610. The Hall–Kier alpha value is -4.68. The molecule has 0 heterocycles. The zero-order chi connectivity index (χ0) is 34.7. The van der Waals surface area contributed by atoms with Crippen molar-refractivity contribution in [2.75, 3.05) is 13.1 Å².